The van der Waals surface area contributed by atoms with E-state index < -0.39 is 0 Å². The van der Waals surface area contributed by atoms with Gasteiger partial charge in [0, 0.05) is 0 Å². The van der Waals surface area contributed by atoms with Crippen molar-refractivity contribution in [3.8, 4) is 0 Å². The van der Waals surface area contributed by atoms with Crippen molar-refractivity contribution in [1.82, 2.24) is 5.32 Å². The number of hydrogen-bond acceptors (Lipinski definition) is 1. The second kappa shape index (κ2) is 2.30. The summed E-state index contributed by atoms with van der Waals surface area (Å²) in [5.74, 6) is -0.347. The molecule has 0 bridgehead atoms. The van der Waals surface area contributed by atoms with E-state index in [-0.39, 0.29) is 5.82 Å². The van der Waals surface area contributed by atoms with Gasteiger partial charge < -0.3 is 0 Å². The number of aliphatic imine (C=N–C) groups is 1. The lowest BCUT2D eigenvalue weighted by molar-refractivity contribution is 0.621. The van der Waals surface area contributed by atoms with Gasteiger partial charge in [0.2, 0.25) is 0 Å². The first-order valence-corrected chi connectivity index (χ1v) is 3.80. The Kier molecular flexibility index (Phi) is 1.42. The highest BCUT2D eigenvalue weighted by atomic mass is 79.9. The number of rotatable bonds is 0. The van der Waals surface area contributed by atoms with Crippen molar-refractivity contribution in [2.24, 2.45) is 4.99 Å². The quantitative estimate of drug-likeness (QED) is 0.634. The molecule has 11 heavy (non-hydrogen) atoms. The fraction of sp³-hybridized carbons (Fsp3) is 0. The molecule has 1 aromatic carbocycles. The number of nitrogens with zero attached hydrogens (tertiary/aromatic N) is 2. The molecule has 0 saturated heterocycles. The minimum absolute atomic E-state index is 0.319. The molecule has 1 heterocycles. The molecule has 0 saturated carbocycles. The third kappa shape index (κ3) is 0.939. The molecule has 0 fully saturated rings. The largest absolute Gasteiger partial charge is 0.235 e. The highest BCUT2D eigenvalue weighted by Gasteiger charge is 2.14. The second-order valence-electron chi connectivity index (χ2n) is 2.10. The topological polar surface area (TPSA) is 26.5 Å². The van der Waals surface area contributed by atoms with Crippen LogP contribution in [0.25, 0.3) is 0 Å². The maximum Gasteiger partial charge on any atom is 0.165 e. The Hall–Kier alpha value is -0.900. The first kappa shape index (κ1) is 6.79. The molecular weight excluding hydrogens is 211 g/mol. The Morgan fingerprint density at radius 2 is 2.18 bits per heavy atom. The van der Waals surface area contributed by atoms with Crippen LogP contribution in [0, 0.1) is 5.82 Å². The predicted molar refractivity (Wildman–Crippen MR) is 44.0 cm³/mol. The summed E-state index contributed by atoms with van der Waals surface area (Å²) in [6.45, 7) is 0. The molecule has 0 spiro atoms. The second-order valence-corrected chi connectivity index (χ2v) is 2.96. The highest BCUT2D eigenvalue weighted by Crippen LogP contribution is 2.34. The standard InChI is InChI=1S/C7H3BrFN2/c8-4-1-2-5-7(6(4)9)11-3-10-5/h1-3H. The molecule has 1 aliphatic rings. The molecule has 0 unspecified atom stereocenters. The molecule has 0 aliphatic carbocycles. The minimum Gasteiger partial charge on any atom is -0.235 e. The molecule has 0 amide bonds. The summed E-state index contributed by atoms with van der Waals surface area (Å²) in [6.07, 6.45) is 1.35. The van der Waals surface area contributed by atoms with Crippen LogP contribution in [0.15, 0.2) is 21.6 Å². The molecule has 0 aromatic heterocycles. The Morgan fingerprint density at radius 3 is 3.00 bits per heavy atom. The van der Waals surface area contributed by atoms with E-state index in [0.29, 0.717) is 15.8 Å². The maximum atomic E-state index is 13.1. The molecule has 0 atom stereocenters. The average Bonchev–Trinajstić information content (AvgIpc) is 2.45. The van der Waals surface area contributed by atoms with E-state index in [1.54, 1.807) is 12.1 Å². The van der Waals surface area contributed by atoms with Gasteiger partial charge in [-0.1, -0.05) is 0 Å². The Morgan fingerprint density at radius 1 is 1.36 bits per heavy atom. The molecule has 2 rings (SSSR count). The molecule has 2 nitrogen and oxygen atoms in total. The van der Waals surface area contributed by atoms with Gasteiger partial charge in [-0.25, -0.2) is 14.7 Å². The molecule has 1 radical (unpaired) electrons. The van der Waals surface area contributed by atoms with Gasteiger partial charge in [0.05, 0.1) is 10.2 Å². The Labute approximate surface area is 71.3 Å². The van der Waals surface area contributed by atoms with Crippen LogP contribution in [0.2, 0.25) is 0 Å². The lowest BCUT2D eigenvalue weighted by Gasteiger charge is -1.98. The minimum atomic E-state index is -0.347. The summed E-state index contributed by atoms with van der Waals surface area (Å²) >= 11 is 3.06. The summed E-state index contributed by atoms with van der Waals surface area (Å²) in [5.41, 5.74) is 0.907. The van der Waals surface area contributed by atoms with Crippen molar-refractivity contribution >= 4 is 33.6 Å². The lowest BCUT2D eigenvalue weighted by Crippen LogP contribution is -1.90. The zero-order valence-corrected chi connectivity index (χ0v) is 6.97. The van der Waals surface area contributed by atoms with E-state index in [9.17, 15) is 4.39 Å². The smallest absolute Gasteiger partial charge is 0.165 e. The van der Waals surface area contributed by atoms with Crippen LogP contribution in [0.5, 0.6) is 0 Å². The highest BCUT2D eigenvalue weighted by molar-refractivity contribution is 9.10. The van der Waals surface area contributed by atoms with E-state index in [1.807, 2.05) is 0 Å². The van der Waals surface area contributed by atoms with Crippen LogP contribution < -0.4 is 5.32 Å². The number of fused-ring (bicyclic) bond motifs is 1. The fourth-order valence-corrected chi connectivity index (χ4v) is 1.23. The summed E-state index contributed by atoms with van der Waals surface area (Å²) in [4.78, 5) is 3.85. The average molecular weight is 214 g/mol. The van der Waals surface area contributed by atoms with Gasteiger partial charge in [0.15, 0.2) is 5.82 Å². The van der Waals surface area contributed by atoms with Gasteiger partial charge in [0.25, 0.3) is 0 Å². The van der Waals surface area contributed by atoms with Crippen LogP contribution >= 0.6 is 15.9 Å². The summed E-state index contributed by atoms with van der Waals surface area (Å²) in [7, 11) is 0. The normalized spacial score (nSPS) is 12.9. The van der Waals surface area contributed by atoms with Gasteiger partial charge in [-0.3, -0.25) is 0 Å². The molecule has 55 valence electrons. The van der Waals surface area contributed by atoms with E-state index >= 15 is 0 Å². The monoisotopic (exact) mass is 213 g/mol. The molecule has 1 aromatic rings. The van der Waals surface area contributed by atoms with Crippen LogP contribution in [-0.2, 0) is 0 Å². The van der Waals surface area contributed by atoms with Crippen molar-refractivity contribution in [2.45, 2.75) is 0 Å². The maximum absolute atomic E-state index is 13.1. The third-order valence-electron chi connectivity index (χ3n) is 1.43. The van der Waals surface area contributed by atoms with Crippen molar-refractivity contribution in [2.75, 3.05) is 0 Å². The zero-order chi connectivity index (χ0) is 7.84. The van der Waals surface area contributed by atoms with E-state index in [1.165, 1.54) is 6.34 Å². The van der Waals surface area contributed by atoms with Crippen LogP contribution in [0.4, 0.5) is 15.8 Å². The lowest BCUT2D eigenvalue weighted by atomic mass is 10.3. The van der Waals surface area contributed by atoms with Gasteiger partial charge in [-0.05, 0) is 28.1 Å². The SMILES string of the molecule is Fc1c(Br)ccc2c1[N]C=N2. The van der Waals surface area contributed by atoms with Crippen molar-refractivity contribution in [1.29, 1.82) is 0 Å². The predicted octanol–water partition coefficient (Wildman–Crippen LogP) is 2.50. The van der Waals surface area contributed by atoms with E-state index in [4.69, 9.17) is 0 Å². The zero-order valence-electron chi connectivity index (χ0n) is 5.38. The molecule has 4 heteroatoms. The summed E-state index contributed by atoms with van der Waals surface area (Å²) < 4.78 is 13.5. The van der Waals surface area contributed by atoms with Crippen molar-refractivity contribution in [3.63, 3.8) is 0 Å². The van der Waals surface area contributed by atoms with E-state index in [0.717, 1.165) is 0 Å². The third-order valence-corrected chi connectivity index (χ3v) is 2.04. The molecule has 1 aliphatic heterocycles. The van der Waals surface area contributed by atoms with Crippen LogP contribution in [0.3, 0.4) is 0 Å². The van der Waals surface area contributed by atoms with Crippen LogP contribution in [0.1, 0.15) is 0 Å². The number of hydrogen-bond donors (Lipinski definition) is 0. The molecular formula is C7H3BrFN2. The summed E-state index contributed by atoms with van der Waals surface area (Å²) in [6, 6.07) is 3.34. The summed E-state index contributed by atoms with van der Waals surface area (Å²) in [5, 5.41) is 3.76. The van der Waals surface area contributed by atoms with Crippen molar-refractivity contribution in [3.05, 3.63) is 22.4 Å². The number of halogens is 2. The van der Waals surface area contributed by atoms with E-state index in [2.05, 4.69) is 26.2 Å². The molecule has 0 N–H and O–H groups in total. The van der Waals surface area contributed by atoms with Crippen molar-refractivity contribution < 1.29 is 4.39 Å². The fourth-order valence-electron chi connectivity index (χ4n) is 0.906. The Bertz CT molecular complexity index is 335. The van der Waals surface area contributed by atoms with Gasteiger partial charge in [-0.15, -0.1) is 0 Å². The van der Waals surface area contributed by atoms with Gasteiger partial charge >= 0.3 is 0 Å². The number of benzene rings is 1. The first-order chi connectivity index (χ1) is 5.29. The Balaban J connectivity index is 2.67. The van der Waals surface area contributed by atoms with Crippen LogP contribution in [-0.4, -0.2) is 6.34 Å². The van der Waals surface area contributed by atoms with Gasteiger partial charge in [-0.2, -0.15) is 0 Å². The van der Waals surface area contributed by atoms with Gasteiger partial charge in [0.1, 0.15) is 12.0 Å². The first-order valence-electron chi connectivity index (χ1n) is 3.00.